The number of carboxylic acid groups (broad SMARTS) is 1. The summed E-state index contributed by atoms with van der Waals surface area (Å²) in [5, 5.41) is 18.2. The van der Waals surface area contributed by atoms with Gasteiger partial charge in [-0.15, -0.1) is 0 Å². The summed E-state index contributed by atoms with van der Waals surface area (Å²) in [6.07, 6.45) is -0.703. The molecule has 1 amide bonds. The topological polar surface area (TPSA) is 87.1 Å². The van der Waals surface area contributed by atoms with Crippen molar-refractivity contribution in [1.29, 1.82) is 0 Å². The molecule has 0 radical (unpaired) electrons. The van der Waals surface area contributed by atoms with E-state index < -0.39 is 12.1 Å². The number of amides is 1. The standard InChI is InChI=1S/C19H21NO5/c1-14(25-13-15-5-3-2-4-6-15)18(22)20(11-12-21)17-9-7-16(8-10-17)19(23)24/h2-10,14,21H,11-13H2,1H3,(H,23,24). The van der Waals surface area contributed by atoms with E-state index in [-0.39, 0.29) is 24.6 Å². The van der Waals surface area contributed by atoms with E-state index in [1.165, 1.54) is 17.0 Å². The van der Waals surface area contributed by atoms with Crippen LogP contribution in [0.15, 0.2) is 54.6 Å². The normalized spacial score (nSPS) is 11.8. The summed E-state index contributed by atoms with van der Waals surface area (Å²) >= 11 is 0. The van der Waals surface area contributed by atoms with Gasteiger partial charge in [0.1, 0.15) is 6.10 Å². The van der Waals surface area contributed by atoms with Crippen molar-refractivity contribution in [1.82, 2.24) is 0 Å². The number of aliphatic hydroxyl groups excluding tert-OH is 1. The van der Waals surface area contributed by atoms with Crippen LogP contribution >= 0.6 is 0 Å². The fourth-order valence-electron chi connectivity index (χ4n) is 2.34. The van der Waals surface area contributed by atoms with E-state index in [1.54, 1.807) is 19.1 Å². The highest BCUT2D eigenvalue weighted by molar-refractivity contribution is 5.97. The van der Waals surface area contributed by atoms with Crippen LogP contribution < -0.4 is 4.90 Å². The maximum absolute atomic E-state index is 12.6. The zero-order valence-corrected chi connectivity index (χ0v) is 14.0. The van der Waals surface area contributed by atoms with Gasteiger partial charge in [0.15, 0.2) is 0 Å². The Morgan fingerprint density at radius 1 is 1.08 bits per heavy atom. The molecule has 6 nitrogen and oxygen atoms in total. The van der Waals surface area contributed by atoms with Crippen molar-refractivity contribution in [2.24, 2.45) is 0 Å². The maximum atomic E-state index is 12.6. The van der Waals surface area contributed by atoms with Crippen molar-refractivity contribution in [3.8, 4) is 0 Å². The SMILES string of the molecule is CC(OCc1ccccc1)C(=O)N(CCO)c1ccc(C(=O)O)cc1. The van der Waals surface area contributed by atoms with E-state index in [1.807, 2.05) is 30.3 Å². The van der Waals surface area contributed by atoms with Crippen LogP contribution in [0.5, 0.6) is 0 Å². The van der Waals surface area contributed by atoms with Gasteiger partial charge >= 0.3 is 5.97 Å². The highest BCUT2D eigenvalue weighted by Crippen LogP contribution is 2.17. The van der Waals surface area contributed by atoms with Crippen LogP contribution in [-0.4, -0.2) is 41.3 Å². The molecule has 0 bridgehead atoms. The van der Waals surface area contributed by atoms with Crippen LogP contribution in [0.25, 0.3) is 0 Å². The largest absolute Gasteiger partial charge is 0.478 e. The smallest absolute Gasteiger partial charge is 0.335 e. The molecule has 0 heterocycles. The molecule has 2 aromatic rings. The first-order valence-electron chi connectivity index (χ1n) is 7.94. The monoisotopic (exact) mass is 343 g/mol. The Bertz CT molecular complexity index is 700. The fraction of sp³-hybridized carbons (Fsp3) is 0.263. The van der Waals surface area contributed by atoms with Crippen molar-refractivity contribution >= 4 is 17.6 Å². The van der Waals surface area contributed by atoms with Gasteiger partial charge in [0, 0.05) is 12.2 Å². The summed E-state index contributed by atoms with van der Waals surface area (Å²) < 4.78 is 5.63. The number of rotatable bonds is 8. The minimum absolute atomic E-state index is 0.101. The molecule has 0 saturated heterocycles. The molecular weight excluding hydrogens is 322 g/mol. The second-order valence-electron chi connectivity index (χ2n) is 5.50. The molecule has 1 atom stereocenters. The van der Waals surface area contributed by atoms with Gasteiger partial charge in [-0.3, -0.25) is 4.79 Å². The molecule has 0 aliphatic heterocycles. The first-order valence-corrected chi connectivity index (χ1v) is 7.94. The highest BCUT2D eigenvalue weighted by atomic mass is 16.5. The number of anilines is 1. The molecule has 25 heavy (non-hydrogen) atoms. The maximum Gasteiger partial charge on any atom is 0.335 e. The zero-order valence-electron chi connectivity index (χ0n) is 14.0. The third-order valence-corrected chi connectivity index (χ3v) is 3.71. The molecule has 132 valence electrons. The quantitative estimate of drug-likeness (QED) is 0.768. The first-order chi connectivity index (χ1) is 12.0. The van der Waals surface area contributed by atoms with E-state index in [0.717, 1.165) is 5.56 Å². The molecule has 1 unspecified atom stereocenters. The molecule has 0 saturated carbocycles. The Balaban J connectivity index is 2.06. The molecular formula is C19H21NO5. The van der Waals surface area contributed by atoms with Gasteiger partial charge in [-0.05, 0) is 36.8 Å². The number of aliphatic hydroxyl groups is 1. The van der Waals surface area contributed by atoms with Crippen LogP contribution in [0.4, 0.5) is 5.69 Å². The predicted molar refractivity (Wildman–Crippen MR) is 93.5 cm³/mol. The van der Waals surface area contributed by atoms with Gasteiger partial charge < -0.3 is 19.8 Å². The van der Waals surface area contributed by atoms with Crippen molar-refractivity contribution in [2.45, 2.75) is 19.6 Å². The molecule has 0 spiro atoms. The molecule has 2 N–H and O–H groups in total. The Hall–Kier alpha value is -2.70. The number of aromatic carboxylic acids is 1. The van der Waals surface area contributed by atoms with E-state index >= 15 is 0 Å². The third kappa shape index (κ3) is 5.14. The molecule has 2 aromatic carbocycles. The number of carbonyl (C=O) groups excluding carboxylic acids is 1. The first kappa shape index (κ1) is 18.6. The van der Waals surface area contributed by atoms with Crippen LogP contribution in [0.2, 0.25) is 0 Å². The van der Waals surface area contributed by atoms with Gasteiger partial charge in [0.2, 0.25) is 0 Å². The second-order valence-corrected chi connectivity index (χ2v) is 5.50. The summed E-state index contributed by atoms with van der Waals surface area (Å²) in [6.45, 7) is 1.85. The Morgan fingerprint density at radius 3 is 2.28 bits per heavy atom. The van der Waals surface area contributed by atoms with E-state index in [4.69, 9.17) is 9.84 Å². The minimum atomic E-state index is -1.04. The molecule has 6 heteroatoms. The Morgan fingerprint density at radius 2 is 1.72 bits per heavy atom. The Kier molecular flexibility index (Phi) is 6.68. The summed E-state index contributed by atoms with van der Waals surface area (Å²) in [4.78, 5) is 25.0. The number of carboxylic acids is 1. The lowest BCUT2D eigenvalue weighted by atomic mass is 10.2. The number of hydrogen-bond donors (Lipinski definition) is 2. The van der Waals surface area contributed by atoms with Gasteiger partial charge in [0.25, 0.3) is 5.91 Å². The summed E-state index contributed by atoms with van der Waals surface area (Å²) in [5.41, 5.74) is 1.61. The van der Waals surface area contributed by atoms with Crippen molar-refractivity contribution in [3.05, 3.63) is 65.7 Å². The lowest BCUT2D eigenvalue weighted by Crippen LogP contribution is -2.41. The van der Waals surface area contributed by atoms with Gasteiger partial charge in [-0.2, -0.15) is 0 Å². The average Bonchev–Trinajstić information content (AvgIpc) is 2.64. The summed E-state index contributed by atoms with van der Waals surface area (Å²) in [7, 11) is 0. The summed E-state index contributed by atoms with van der Waals surface area (Å²) in [6, 6.07) is 15.4. The number of hydrogen-bond acceptors (Lipinski definition) is 4. The predicted octanol–water partition coefficient (Wildman–Crippen LogP) is 2.32. The lowest BCUT2D eigenvalue weighted by molar-refractivity contribution is -0.129. The molecule has 0 aliphatic rings. The van der Waals surface area contributed by atoms with Crippen molar-refractivity contribution < 1.29 is 24.5 Å². The van der Waals surface area contributed by atoms with Crippen molar-refractivity contribution in [3.63, 3.8) is 0 Å². The fourth-order valence-corrected chi connectivity index (χ4v) is 2.34. The van der Waals surface area contributed by atoms with Crippen molar-refractivity contribution in [2.75, 3.05) is 18.1 Å². The molecule has 0 fully saturated rings. The Labute approximate surface area is 146 Å². The van der Waals surface area contributed by atoms with Gasteiger partial charge in [-0.1, -0.05) is 30.3 Å². The highest BCUT2D eigenvalue weighted by Gasteiger charge is 2.22. The number of benzene rings is 2. The summed E-state index contributed by atoms with van der Waals surface area (Å²) in [5.74, 6) is -1.33. The van der Waals surface area contributed by atoms with E-state index in [0.29, 0.717) is 12.3 Å². The number of nitrogens with zero attached hydrogens (tertiary/aromatic N) is 1. The average molecular weight is 343 g/mol. The van der Waals surface area contributed by atoms with Gasteiger partial charge in [-0.25, -0.2) is 4.79 Å². The van der Waals surface area contributed by atoms with Crippen LogP contribution in [0, 0.1) is 0 Å². The van der Waals surface area contributed by atoms with Crippen LogP contribution in [-0.2, 0) is 16.1 Å². The number of carbonyl (C=O) groups is 2. The van der Waals surface area contributed by atoms with E-state index in [9.17, 15) is 14.7 Å². The second kappa shape index (κ2) is 8.96. The number of ether oxygens (including phenoxy) is 1. The molecule has 0 aromatic heterocycles. The van der Waals surface area contributed by atoms with Crippen LogP contribution in [0.3, 0.4) is 0 Å². The van der Waals surface area contributed by atoms with E-state index in [2.05, 4.69) is 0 Å². The third-order valence-electron chi connectivity index (χ3n) is 3.71. The molecule has 0 aliphatic carbocycles. The molecule has 2 rings (SSSR count). The van der Waals surface area contributed by atoms with Gasteiger partial charge in [0.05, 0.1) is 18.8 Å². The minimum Gasteiger partial charge on any atom is -0.478 e. The zero-order chi connectivity index (χ0) is 18.2. The lowest BCUT2D eigenvalue weighted by Gasteiger charge is -2.25. The van der Waals surface area contributed by atoms with Crippen LogP contribution in [0.1, 0.15) is 22.8 Å².